The van der Waals surface area contributed by atoms with Crippen LogP contribution >= 0.6 is 15.9 Å². The van der Waals surface area contributed by atoms with Crippen molar-refractivity contribution < 1.29 is 4.79 Å². The van der Waals surface area contributed by atoms with Gasteiger partial charge in [0.25, 0.3) is 0 Å². The highest BCUT2D eigenvalue weighted by atomic mass is 79.9. The van der Waals surface area contributed by atoms with Crippen molar-refractivity contribution in [1.82, 2.24) is 4.98 Å². The first kappa shape index (κ1) is 14.2. The minimum atomic E-state index is -0.00679. The standard InChI is InChI=1S/C20H14BrNO/c21-16-8-9-17-13(5-6-14(17)11-16)7-10-20(23)19-12-15-3-1-2-4-18(15)22-19/h1-5,7-12,22H,6H2/b10-7+. The zero-order valence-corrected chi connectivity index (χ0v) is 13.9. The first-order valence-electron chi connectivity index (χ1n) is 7.50. The molecule has 23 heavy (non-hydrogen) atoms. The number of carbonyl (C=O) groups is 1. The number of carbonyl (C=O) groups excluding carboxylic acids is 1. The Morgan fingerprint density at radius 3 is 2.87 bits per heavy atom. The third-order valence-electron chi connectivity index (χ3n) is 4.13. The summed E-state index contributed by atoms with van der Waals surface area (Å²) in [5.74, 6) is -0.00679. The van der Waals surface area contributed by atoms with Gasteiger partial charge in [0.05, 0.1) is 5.69 Å². The molecule has 4 rings (SSSR count). The predicted molar refractivity (Wildman–Crippen MR) is 97.6 cm³/mol. The van der Waals surface area contributed by atoms with Gasteiger partial charge in [0.15, 0.2) is 0 Å². The van der Waals surface area contributed by atoms with E-state index in [9.17, 15) is 4.79 Å². The quantitative estimate of drug-likeness (QED) is 0.496. The summed E-state index contributed by atoms with van der Waals surface area (Å²) in [5.41, 5.74) is 5.21. The number of benzene rings is 2. The number of hydrogen-bond donors (Lipinski definition) is 1. The van der Waals surface area contributed by atoms with E-state index in [1.54, 1.807) is 6.08 Å². The molecular weight excluding hydrogens is 350 g/mol. The van der Waals surface area contributed by atoms with Crippen LogP contribution < -0.4 is 0 Å². The van der Waals surface area contributed by atoms with E-state index in [2.05, 4.69) is 39.1 Å². The minimum absolute atomic E-state index is 0.00679. The van der Waals surface area contributed by atoms with Gasteiger partial charge in [0, 0.05) is 15.4 Å². The molecule has 112 valence electrons. The Bertz CT molecular complexity index is 945. The van der Waals surface area contributed by atoms with Crippen molar-refractivity contribution in [3.63, 3.8) is 0 Å². The average Bonchev–Trinajstić information content (AvgIpc) is 3.16. The first-order chi connectivity index (χ1) is 11.2. The first-order valence-corrected chi connectivity index (χ1v) is 8.29. The van der Waals surface area contributed by atoms with E-state index in [1.807, 2.05) is 42.5 Å². The summed E-state index contributed by atoms with van der Waals surface area (Å²) in [7, 11) is 0. The largest absolute Gasteiger partial charge is 0.352 e. The highest BCUT2D eigenvalue weighted by molar-refractivity contribution is 9.10. The van der Waals surface area contributed by atoms with Crippen LogP contribution in [0.1, 0.15) is 21.6 Å². The van der Waals surface area contributed by atoms with E-state index in [4.69, 9.17) is 0 Å². The molecule has 1 aromatic heterocycles. The molecule has 0 fully saturated rings. The Balaban J connectivity index is 1.59. The SMILES string of the molecule is O=C(/C=C/C1=CCc2cc(Br)ccc21)c1cc2ccccc2[nH]1. The van der Waals surface area contributed by atoms with Crippen LogP contribution in [0.15, 0.2) is 71.2 Å². The van der Waals surface area contributed by atoms with Gasteiger partial charge in [-0.3, -0.25) is 4.79 Å². The Morgan fingerprint density at radius 2 is 2.00 bits per heavy atom. The molecule has 0 radical (unpaired) electrons. The highest BCUT2D eigenvalue weighted by Crippen LogP contribution is 2.30. The topological polar surface area (TPSA) is 32.9 Å². The fourth-order valence-corrected chi connectivity index (χ4v) is 3.37. The van der Waals surface area contributed by atoms with Crippen molar-refractivity contribution in [3.05, 3.63) is 88.1 Å². The number of aromatic nitrogens is 1. The number of nitrogens with one attached hydrogen (secondary N) is 1. The molecule has 0 aliphatic heterocycles. The van der Waals surface area contributed by atoms with Crippen LogP contribution in [0.2, 0.25) is 0 Å². The number of allylic oxidation sites excluding steroid dienone is 4. The second kappa shape index (κ2) is 5.67. The second-order valence-corrected chi connectivity index (χ2v) is 6.55. The molecule has 1 heterocycles. The van der Waals surface area contributed by atoms with Crippen molar-refractivity contribution in [2.75, 3.05) is 0 Å². The molecule has 1 aliphatic rings. The van der Waals surface area contributed by atoms with Gasteiger partial charge in [0.2, 0.25) is 5.78 Å². The minimum Gasteiger partial charge on any atom is -0.352 e. The lowest BCUT2D eigenvalue weighted by atomic mass is 10.1. The van der Waals surface area contributed by atoms with Gasteiger partial charge in [-0.15, -0.1) is 0 Å². The van der Waals surface area contributed by atoms with Crippen molar-refractivity contribution in [2.45, 2.75) is 6.42 Å². The maximum atomic E-state index is 12.4. The van der Waals surface area contributed by atoms with Gasteiger partial charge in [-0.05, 0) is 53.5 Å². The molecule has 0 unspecified atom stereocenters. The number of hydrogen-bond acceptors (Lipinski definition) is 1. The highest BCUT2D eigenvalue weighted by Gasteiger charge is 2.13. The summed E-state index contributed by atoms with van der Waals surface area (Å²) in [6.45, 7) is 0. The number of ketones is 1. The summed E-state index contributed by atoms with van der Waals surface area (Å²) >= 11 is 3.49. The molecular formula is C20H14BrNO. The molecule has 3 aromatic rings. The Morgan fingerprint density at radius 1 is 1.13 bits per heavy atom. The van der Waals surface area contributed by atoms with Gasteiger partial charge in [-0.1, -0.05) is 52.3 Å². The lowest BCUT2D eigenvalue weighted by Gasteiger charge is -2.01. The summed E-state index contributed by atoms with van der Waals surface area (Å²) in [6.07, 6.45) is 6.63. The zero-order valence-electron chi connectivity index (χ0n) is 12.3. The van der Waals surface area contributed by atoms with Gasteiger partial charge in [-0.25, -0.2) is 0 Å². The number of fused-ring (bicyclic) bond motifs is 2. The van der Waals surface area contributed by atoms with Crippen LogP contribution in [0.25, 0.3) is 16.5 Å². The van der Waals surface area contributed by atoms with Crippen LogP contribution in [0, 0.1) is 0 Å². The molecule has 0 atom stereocenters. The predicted octanol–water partition coefficient (Wildman–Crippen LogP) is 5.31. The van der Waals surface area contributed by atoms with Gasteiger partial charge < -0.3 is 4.98 Å². The number of halogens is 1. The summed E-state index contributed by atoms with van der Waals surface area (Å²) in [5, 5.41) is 1.06. The van der Waals surface area contributed by atoms with Crippen molar-refractivity contribution in [1.29, 1.82) is 0 Å². The smallest absolute Gasteiger partial charge is 0.202 e. The van der Waals surface area contributed by atoms with Gasteiger partial charge >= 0.3 is 0 Å². The van der Waals surface area contributed by atoms with Crippen LogP contribution in [0.4, 0.5) is 0 Å². The third kappa shape index (κ3) is 2.68. The lowest BCUT2D eigenvalue weighted by molar-refractivity contribution is 0.104. The van der Waals surface area contributed by atoms with Gasteiger partial charge in [0.1, 0.15) is 0 Å². The van der Waals surface area contributed by atoms with E-state index >= 15 is 0 Å². The number of H-pyrrole nitrogens is 1. The average molecular weight is 364 g/mol. The number of aromatic amines is 1. The van der Waals surface area contributed by atoms with Crippen molar-refractivity contribution in [2.24, 2.45) is 0 Å². The normalized spacial score (nSPS) is 13.5. The molecule has 3 heteroatoms. The molecule has 0 spiro atoms. The fraction of sp³-hybridized carbons (Fsp3) is 0.0500. The zero-order chi connectivity index (χ0) is 15.8. The van der Waals surface area contributed by atoms with Crippen LogP contribution in [0.5, 0.6) is 0 Å². The number of rotatable bonds is 3. The molecule has 2 aromatic carbocycles. The number of para-hydroxylation sites is 1. The van der Waals surface area contributed by atoms with Crippen molar-refractivity contribution >= 4 is 38.2 Å². The van der Waals surface area contributed by atoms with E-state index in [0.717, 1.165) is 27.4 Å². The van der Waals surface area contributed by atoms with Crippen LogP contribution in [-0.4, -0.2) is 10.8 Å². The molecule has 0 amide bonds. The molecule has 1 aliphatic carbocycles. The van der Waals surface area contributed by atoms with E-state index in [-0.39, 0.29) is 5.78 Å². The molecule has 1 N–H and O–H groups in total. The van der Waals surface area contributed by atoms with Gasteiger partial charge in [-0.2, -0.15) is 0 Å². The van der Waals surface area contributed by atoms with Crippen LogP contribution in [-0.2, 0) is 6.42 Å². The summed E-state index contributed by atoms with van der Waals surface area (Å²) in [6, 6.07) is 16.1. The Hall–Kier alpha value is -2.39. The van der Waals surface area contributed by atoms with Crippen molar-refractivity contribution in [3.8, 4) is 0 Å². The Kier molecular flexibility index (Phi) is 3.50. The maximum absolute atomic E-state index is 12.4. The second-order valence-electron chi connectivity index (χ2n) is 5.63. The maximum Gasteiger partial charge on any atom is 0.202 e. The lowest BCUT2D eigenvalue weighted by Crippen LogP contribution is -1.94. The molecule has 0 bridgehead atoms. The molecule has 2 nitrogen and oxygen atoms in total. The molecule has 0 saturated heterocycles. The summed E-state index contributed by atoms with van der Waals surface area (Å²) in [4.78, 5) is 15.6. The molecule has 0 saturated carbocycles. The van der Waals surface area contributed by atoms with E-state index in [0.29, 0.717) is 5.69 Å². The summed E-state index contributed by atoms with van der Waals surface area (Å²) < 4.78 is 1.09. The van der Waals surface area contributed by atoms with Crippen LogP contribution in [0.3, 0.4) is 0 Å². The fourth-order valence-electron chi connectivity index (χ4n) is 2.96. The van der Waals surface area contributed by atoms with E-state index in [1.165, 1.54) is 11.1 Å². The third-order valence-corrected chi connectivity index (χ3v) is 4.62. The van der Waals surface area contributed by atoms with E-state index < -0.39 is 0 Å². The monoisotopic (exact) mass is 363 g/mol. The Labute approximate surface area is 142 Å².